The average Bonchev–Trinajstić information content (AvgIpc) is 4.10. The summed E-state index contributed by atoms with van der Waals surface area (Å²) in [5, 5.41) is 34.1. The largest absolute Gasteiger partial charge is 0.391 e. The third kappa shape index (κ3) is 16.2. The summed E-state index contributed by atoms with van der Waals surface area (Å²) in [6, 6.07) is 15.7. The van der Waals surface area contributed by atoms with Crippen LogP contribution in [-0.4, -0.2) is 136 Å². The van der Waals surface area contributed by atoms with Gasteiger partial charge in [-0.15, -0.1) is 11.3 Å². The van der Waals surface area contributed by atoms with Gasteiger partial charge in [0.15, 0.2) is 0 Å². The number of H-pyrrole nitrogens is 1. The molecule has 8 N–H and O–H groups in total. The van der Waals surface area contributed by atoms with E-state index in [9.17, 15) is 33.9 Å². The maximum atomic E-state index is 14.1. The van der Waals surface area contributed by atoms with Crippen LogP contribution in [0, 0.1) is 31.6 Å². The highest BCUT2D eigenvalue weighted by molar-refractivity contribution is 7.13. The Balaban J connectivity index is 0.792. The van der Waals surface area contributed by atoms with Gasteiger partial charge in [0.05, 0.1) is 27.7 Å². The molecule has 2 fully saturated rings. The van der Waals surface area contributed by atoms with E-state index in [-0.39, 0.29) is 61.8 Å². The topological polar surface area (TPSA) is 258 Å². The van der Waals surface area contributed by atoms with Crippen molar-refractivity contribution in [2.24, 2.45) is 5.41 Å². The van der Waals surface area contributed by atoms with Crippen LogP contribution >= 0.6 is 11.3 Å². The summed E-state index contributed by atoms with van der Waals surface area (Å²) in [4.78, 5) is 98.9. The molecule has 5 amide bonds. The number of nitrogens with one attached hydrogen (secondary N) is 7. The molecule has 0 saturated carbocycles. The first-order valence-electron chi connectivity index (χ1n) is 27.9. The van der Waals surface area contributed by atoms with E-state index in [1.54, 1.807) is 23.6 Å². The molecule has 0 spiro atoms. The van der Waals surface area contributed by atoms with Crippen LogP contribution in [0.3, 0.4) is 0 Å². The number of aryl methyl sites for hydroxylation is 3. The Kier molecular flexibility index (Phi) is 20.9. The van der Waals surface area contributed by atoms with Crippen molar-refractivity contribution < 1.29 is 29.1 Å². The van der Waals surface area contributed by atoms with Gasteiger partial charge in [-0.05, 0) is 105 Å². The highest BCUT2D eigenvalue weighted by Crippen LogP contribution is 2.32. The number of benzene rings is 2. The standard InChI is InChI=1S/C60H80N12O7S/c1-37(2)67-49-29-44(28-46(47(49)31-61)56(76)65-34-48-38(3)27-39(4)68-57(48)77)43-19-20-51(63-33-43)71-25-23-70(24-26-71)22-21-62-52(74)13-11-9-10-12-14-53(75)69-55(60(6,7)8)59(79)72-35-45(73)30-50(72)58(78)64-32-41-15-17-42(18-16-41)54-40(5)66-36-80-54/h15-20,27-29,31,33,36-37,45,50,55,61,67,73H,9-14,21-26,30,32,34-35H2,1-8H3,(H,62,74)(H,64,78)(H,65,76)(H,68,77)(H,69,75)/t45-,50+,55?/m1/s1. The van der Waals surface area contributed by atoms with Crippen LogP contribution in [0.2, 0.25) is 0 Å². The fourth-order valence-electron chi connectivity index (χ4n) is 10.3. The number of piperazine rings is 1. The fourth-order valence-corrected chi connectivity index (χ4v) is 11.1. The van der Waals surface area contributed by atoms with Gasteiger partial charge in [0.2, 0.25) is 23.6 Å². The van der Waals surface area contributed by atoms with Crippen molar-refractivity contribution >= 4 is 58.6 Å². The third-order valence-corrected chi connectivity index (χ3v) is 15.7. The molecule has 5 heterocycles. The summed E-state index contributed by atoms with van der Waals surface area (Å²) < 4.78 is 0. The summed E-state index contributed by atoms with van der Waals surface area (Å²) >= 11 is 1.57. The number of aromatic amines is 1. The highest BCUT2D eigenvalue weighted by atomic mass is 32.1. The van der Waals surface area contributed by atoms with Crippen LogP contribution in [-0.2, 0) is 32.3 Å². The van der Waals surface area contributed by atoms with Crippen molar-refractivity contribution in [3.63, 3.8) is 0 Å². The number of aliphatic hydroxyl groups excluding tert-OH is 1. The van der Waals surface area contributed by atoms with Crippen molar-refractivity contribution in [3.8, 4) is 21.6 Å². The Morgan fingerprint density at radius 3 is 2.17 bits per heavy atom. The Morgan fingerprint density at radius 2 is 1.55 bits per heavy atom. The number of anilines is 2. The zero-order valence-corrected chi connectivity index (χ0v) is 48.4. The minimum absolute atomic E-state index is 0.00291. The molecule has 2 aliphatic heterocycles. The van der Waals surface area contributed by atoms with Crippen molar-refractivity contribution in [1.29, 1.82) is 5.41 Å². The normalized spacial score (nSPS) is 16.1. The van der Waals surface area contributed by atoms with Crippen molar-refractivity contribution in [1.82, 2.24) is 46.0 Å². The number of aliphatic hydroxyl groups is 1. The van der Waals surface area contributed by atoms with Gasteiger partial charge in [0.1, 0.15) is 17.9 Å². The van der Waals surface area contributed by atoms with Crippen LogP contribution in [0.25, 0.3) is 21.6 Å². The molecule has 7 rings (SSSR count). The molecular formula is C60H80N12O7S. The summed E-state index contributed by atoms with van der Waals surface area (Å²) in [6.45, 7) is 19.9. The summed E-state index contributed by atoms with van der Waals surface area (Å²) in [7, 11) is 0. The number of β-amino-alcohol motifs (C(OH)–C–C–N with tert-alkyl or cyclic N) is 1. The van der Waals surface area contributed by atoms with E-state index >= 15 is 0 Å². The summed E-state index contributed by atoms with van der Waals surface area (Å²) in [5.41, 5.74) is 8.82. The number of nitrogens with zero attached hydrogens (tertiary/aromatic N) is 5. The van der Waals surface area contributed by atoms with Crippen molar-refractivity contribution in [3.05, 3.63) is 116 Å². The van der Waals surface area contributed by atoms with E-state index in [2.05, 4.69) is 46.4 Å². The lowest BCUT2D eigenvalue weighted by Crippen LogP contribution is -2.57. The molecule has 2 saturated heterocycles. The van der Waals surface area contributed by atoms with Gasteiger partial charge in [-0.1, -0.05) is 57.9 Å². The van der Waals surface area contributed by atoms with Crippen LogP contribution in [0.4, 0.5) is 11.5 Å². The van der Waals surface area contributed by atoms with Crippen molar-refractivity contribution in [2.75, 3.05) is 56.0 Å². The van der Waals surface area contributed by atoms with Crippen LogP contribution < -0.4 is 37.0 Å². The average molecular weight is 1110 g/mol. The molecule has 3 atom stereocenters. The zero-order valence-electron chi connectivity index (χ0n) is 47.6. The van der Waals surface area contributed by atoms with E-state index in [0.29, 0.717) is 48.2 Å². The van der Waals surface area contributed by atoms with Gasteiger partial charge in [-0.3, -0.25) is 33.7 Å². The van der Waals surface area contributed by atoms with Gasteiger partial charge in [-0.2, -0.15) is 0 Å². The maximum Gasteiger partial charge on any atom is 0.253 e. The molecule has 1 unspecified atom stereocenters. The number of likely N-dealkylation sites (tertiary alicyclic amines) is 1. The molecule has 0 radical (unpaired) electrons. The van der Waals surface area contributed by atoms with E-state index in [1.807, 2.05) is 109 Å². The number of aromatic nitrogens is 3. The van der Waals surface area contributed by atoms with Crippen LogP contribution in [0.15, 0.2) is 71.1 Å². The van der Waals surface area contributed by atoms with E-state index in [0.717, 1.165) is 95.5 Å². The first-order chi connectivity index (χ1) is 38.2. The van der Waals surface area contributed by atoms with E-state index in [1.165, 1.54) is 11.1 Å². The lowest BCUT2D eigenvalue weighted by molar-refractivity contribution is -0.144. The lowest BCUT2D eigenvalue weighted by atomic mass is 9.85. The third-order valence-electron chi connectivity index (χ3n) is 14.7. The summed E-state index contributed by atoms with van der Waals surface area (Å²) in [5.74, 6) is -0.575. The minimum Gasteiger partial charge on any atom is -0.391 e. The van der Waals surface area contributed by atoms with Gasteiger partial charge in [0.25, 0.3) is 11.5 Å². The quantitative estimate of drug-likeness (QED) is 0.0240. The SMILES string of the molecule is Cc1cc(C)c(CNC(=O)c2cc(-c3ccc(N4CCN(CCNC(=O)CCCCCCC(=O)NC(C(=O)N5C[C@H](O)C[C@H]5C(=O)NCc5ccc(-c6scnc6C)cc5)C(C)(C)C)CC4)nc3)cc(NC(C)C)c2C=N)c(=O)[nH]1. The molecule has 2 aliphatic rings. The fraction of sp³-hybridized carbons (Fsp3) is 0.483. The Labute approximate surface area is 473 Å². The number of hydrogen-bond acceptors (Lipinski definition) is 14. The molecule has 3 aromatic heterocycles. The molecule has 19 nitrogen and oxygen atoms in total. The number of rotatable bonds is 24. The van der Waals surface area contributed by atoms with E-state index in [4.69, 9.17) is 10.4 Å². The smallest absolute Gasteiger partial charge is 0.253 e. The Morgan fingerprint density at radius 1 is 0.850 bits per heavy atom. The number of unbranched alkanes of at least 4 members (excludes halogenated alkanes) is 3. The van der Waals surface area contributed by atoms with E-state index < -0.39 is 35.4 Å². The Hall–Kier alpha value is -7.29. The van der Waals surface area contributed by atoms with Gasteiger partial charge in [-0.25, -0.2) is 9.97 Å². The second-order valence-corrected chi connectivity index (χ2v) is 23.4. The van der Waals surface area contributed by atoms with Crippen LogP contribution in [0.5, 0.6) is 0 Å². The molecule has 20 heteroatoms. The van der Waals surface area contributed by atoms with Gasteiger partial charge in [0, 0.05) is 125 Å². The number of thiazole rings is 1. The lowest BCUT2D eigenvalue weighted by Gasteiger charge is -2.35. The second-order valence-electron chi connectivity index (χ2n) is 22.5. The molecular weight excluding hydrogens is 1030 g/mol. The number of amides is 5. The number of pyridine rings is 2. The predicted molar refractivity (Wildman–Crippen MR) is 315 cm³/mol. The summed E-state index contributed by atoms with van der Waals surface area (Å²) in [6.07, 6.45) is 5.66. The zero-order chi connectivity index (χ0) is 57.7. The minimum atomic E-state index is -0.900. The van der Waals surface area contributed by atoms with Crippen molar-refractivity contribution in [2.45, 2.75) is 138 Å². The second kappa shape index (κ2) is 27.7. The van der Waals surface area contributed by atoms with Gasteiger partial charge >= 0.3 is 0 Å². The van der Waals surface area contributed by atoms with Gasteiger partial charge < -0.3 is 51.9 Å². The molecule has 80 heavy (non-hydrogen) atoms. The predicted octanol–water partition coefficient (Wildman–Crippen LogP) is 6.62. The molecule has 0 aliphatic carbocycles. The maximum absolute atomic E-state index is 14.1. The highest BCUT2D eigenvalue weighted by Gasteiger charge is 2.44. The first-order valence-corrected chi connectivity index (χ1v) is 28.7. The molecule has 0 bridgehead atoms. The Bertz CT molecular complexity index is 3030. The van der Waals surface area contributed by atoms with Crippen LogP contribution in [0.1, 0.15) is 124 Å². The first kappa shape index (κ1) is 60.4. The number of hydrogen-bond donors (Lipinski definition) is 8. The number of carbonyl (C=O) groups excluding carboxylic acids is 5. The molecule has 5 aromatic rings. The molecule has 428 valence electrons. The monoisotopic (exact) mass is 1110 g/mol. The molecule has 2 aromatic carbocycles. The number of carbonyl (C=O) groups is 5.